The van der Waals surface area contributed by atoms with Crippen molar-refractivity contribution in [2.24, 2.45) is 5.92 Å². The number of hydrogen-bond acceptors (Lipinski definition) is 5. The summed E-state index contributed by atoms with van der Waals surface area (Å²) < 4.78 is 49.4. The molecule has 0 aliphatic carbocycles. The van der Waals surface area contributed by atoms with E-state index in [9.17, 15) is 18.0 Å². The van der Waals surface area contributed by atoms with Crippen molar-refractivity contribution in [3.05, 3.63) is 46.6 Å². The molecule has 6 nitrogen and oxygen atoms in total. The van der Waals surface area contributed by atoms with Crippen molar-refractivity contribution in [1.82, 2.24) is 9.88 Å². The largest absolute Gasteiger partial charge is 0.493 e. The number of hydrogen-bond donors (Lipinski definition) is 0. The van der Waals surface area contributed by atoms with E-state index < -0.39 is 11.7 Å². The van der Waals surface area contributed by atoms with Crippen LogP contribution < -0.4 is 14.4 Å². The minimum atomic E-state index is -4.49. The van der Waals surface area contributed by atoms with Crippen LogP contribution in [0.5, 0.6) is 11.5 Å². The van der Waals surface area contributed by atoms with Crippen molar-refractivity contribution in [3.63, 3.8) is 0 Å². The van der Waals surface area contributed by atoms with Gasteiger partial charge in [0.25, 0.3) is 0 Å². The number of nitrogens with zero attached hydrogens (tertiary/aromatic N) is 3. The van der Waals surface area contributed by atoms with Gasteiger partial charge in [-0.15, -0.1) is 0 Å². The Balaban J connectivity index is 1.42. The van der Waals surface area contributed by atoms with Crippen molar-refractivity contribution in [1.29, 1.82) is 0 Å². The van der Waals surface area contributed by atoms with Crippen molar-refractivity contribution >= 4 is 23.3 Å². The standard InChI is InChI=1S/C24H27ClF3N3O3/c1-33-20-6-5-16(12-21(20)34-2)19-4-3-9-31(19)23(32)15-7-10-30(11-8-15)22-18(25)13-17(14-29-22)24(26,27)28/h5-6,12-15,19H,3-4,7-11H2,1-2H3. The van der Waals surface area contributed by atoms with E-state index in [-0.39, 0.29) is 22.9 Å². The minimum absolute atomic E-state index is 0.0173. The molecule has 184 valence electrons. The quantitative estimate of drug-likeness (QED) is 0.557. The van der Waals surface area contributed by atoms with Crippen LogP contribution in [0.4, 0.5) is 19.0 Å². The lowest BCUT2D eigenvalue weighted by Gasteiger charge is -2.36. The van der Waals surface area contributed by atoms with Gasteiger partial charge >= 0.3 is 6.18 Å². The van der Waals surface area contributed by atoms with Crippen molar-refractivity contribution in [3.8, 4) is 11.5 Å². The van der Waals surface area contributed by atoms with Crippen molar-refractivity contribution in [2.75, 3.05) is 38.8 Å². The van der Waals surface area contributed by atoms with Crippen LogP contribution in [0, 0.1) is 5.92 Å². The molecule has 0 bridgehead atoms. The predicted molar refractivity (Wildman–Crippen MR) is 122 cm³/mol. The molecule has 1 aromatic heterocycles. The molecular weight excluding hydrogens is 471 g/mol. The van der Waals surface area contributed by atoms with Gasteiger partial charge in [0.1, 0.15) is 5.82 Å². The monoisotopic (exact) mass is 497 g/mol. The van der Waals surface area contributed by atoms with E-state index in [0.29, 0.717) is 49.8 Å². The highest BCUT2D eigenvalue weighted by atomic mass is 35.5. The Kier molecular flexibility index (Phi) is 7.12. The van der Waals surface area contributed by atoms with Gasteiger partial charge in [-0.3, -0.25) is 4.79 Å². The van der Waals surface area contributed by atoms with Gasteiger partial charge in [-0.25, -0.2) is 4.98 Å². The molecule has 2 aromatic rings. The molecule has 1 aromatic carbocycles. The summed E-state index contributed by atoms with van der Waals surface area (Å²) in [6, 6.07) is 6.64. The summed E-state index contributed by atoms with van der Waals surface area (Å²) in [5.74, 6) is 1.57. The van der Waals surface area contributed by atoms with E-state index in [4.69, 9.17) is 21.1 Å². The lowest BCUT2D eigenvalue weighted by atomic mass is 9.94. The maximum atomic E-state index is 13.4. The first kappa shape index (κ1) is 24.4. The molecule has 0 radical (unpaired) electrons. The number of ether oxygens (including phenoxy) is 2. The van der Waals surface area contributed by atoms with E-state index in [1.165, 1.54) is 0 Å². The molecule has 0 N–H and O–H groups in total. The van der Waals surface area contributed by atoms with Crippen molar-refractivity contribution < 1.29 is 27.4 Å². The normalized spacial score (nSPS) is 19.4. The minimum Gasteiger partial charge on any atom is -0.493 e. The molecule has 1 atom stereocenters. The maximum Gasteiger partial charge on any atom is 0.417 e. The molecule has 1 unspecified atom stereocenters. The third-order valence-corrected chi connectivity index (χ3v) is 6.90. The van der Waals surface area contributed by atoms with Gasteiger partial charge in [0.05, 0.1) is 30.8 Å². The molecule has 2 aliphatic heterocycles. The van der Waals surface area contributed by atoms with Gasteiger partial charge < -0.3 is 19.3 Å². The number of halogens is 4. The van der Waals surface area contributed by atoms with Crippen molar-refractivity contribution in [2.45, 2.75) is 37.9 Å². The number of pyridine rings is 1. The molecule has 0 spiro atoms. The number of amides is 1. The highest BCUT2D eigenvalue weighted by Crippen LogP contribution is 2.39. The van der Waals surface area contributed by atoms with Gasteiger partial charge in [-0.05, 0) is 49.4 Å². The fourth-order valence-corrected chi connectivity index (χ4v) is 5.11. The van der Waals surface area contributed by atoms with E-state index in [1.807, 2.05) is 28.0 Å². The SMILES string of the molecule is COc1ccc(C2CCCN2C(=O)C2CCN(c3ncc(C(F)(F)F)cc3Cl)CC2)cc1OC. The lowest BCUT2D eigenvalue weighted by molar-refractivity contribution is -0.138. The van der Waals surface area contributed by atoms with E-state index in [0.717, 1.165) is 30.7 Å². The predicted octanol–water partition coefficient (Wildman–Crippen LogP) is 5.35. The Morgan fingerprint density at radius 2 is 1.76 bits per heavy atom. The molecule has 2 aliphatic rings. The number of rotatable bonds is 5. The number of piperidine rings is 1. The Hall–Kier alpha value is -2.68. The van der Waals surface area contributed by atoms with Crippen LogP contribution in [0.1, 0.15) is 42.9 Å². The Morgan fingerprint density at radius 3 is 2.38 bits per heavy atom. The average Bonchev–Trinajstić information content (AvgIpc) is 3.32. The zero-order chi connectivity index (χ0) is 24.5. The molecule has 34 heavy (non-hydrogen) atoms. The summed E-state index contributed by atoms with van der Waals surface area (Å²) in [7, 11) is 3.17. The average molecular weight is 498 g/mol. The summed E-state index contributed by atoms with van der Waals surface area (Å²) in [5, 5.41) is -0.0346. The molecule has 0 saturated carbocycles. The summed E-state index contributed by atoms with van der Waals surface area (Å²) in [6.45, 7) is 1.71. The number of likely N-dealkylation sites (tertiary alicyclic amines) is 1. The zero-order valence-corrected chi connectivity index (χ0v) is 19.8. The fourth-order valence-electron chi connectivity index (χ4n) is 4.83. The van der Waals surface area contributed by atoms with Gasteiger partial charge in [0.15, 0.2) is 11.5 Å². The van der Waals surface area contributed by atoms with Crippen LogP contribution >= 0.6 is 11.6 Å². The number of anilines is 1. The molecule has 2 saturated heterocycles. The number of benzene rings is 1. The number of carbonyl (C=O) groups excluding carboxylic acids is 1. The second-order valence-electron chi connectivity index (χ2n) is 8.59. The zero-order valence-electron chi connectivity index (χ0n) is 19.1. The molecule has 4 rings (SSSR count). The number of methoxy groups -OCH3 is 2. The topological polar surface area (TPSA) is 54.9 Å². The van der Waals surface area contributed by atoms with Gasteiger partial charge in [0, 0.05) is 31.7 Å². The van der Waals surface area contributed by atoms with Crippen LogP contribution in [0.15, 0.2) is 30.5 Å². The molecular formula is C24H27ClF3N3O3. The van der Waals surface area contributed by atoms with Gasteiger partial charge in [0.2, 0.25) is 5.91 Å². The molecule has 1 amide bonds. The van der Waals surface area contributed by atoms with Crippen LogP contribution in [0.25, 0.3) is 0 Å². The smallest absolute Gasteiger partial charge is 0.417 e. The Labute approximate surface area is 201 Å². The van der Waals surface area contributed by atoms with E-state index >= 15 is 0 Å². The van der Waals surface area contributed by atoms with Crippen LogP contribution in [0.2, 0.25) is 5.02 Å². The first-order chi connectivity index (χ1) is 16.2. The number of alkyl halides is 3. The first-order valence-corrected chi connectivity index (χ1v) is 11.6. The highest BCUT2D eigenvalue weighted by Gasteiger charge is 2.37. The van der Waals surface area contributed by atoms with Gasteiger partial charge in [-0.1, -0.05) is 17.7 Å². The second-order valence-corrected chi connectivity index (χ2v) is 9.00. The second kappa shape index (κ2) is 9.90. The Bertz CT molecular complexity index is 1040. The molecule has 2 fully saturated rings. The molecule has 3 heterocycles. The summed E-state index contributed by atoms with van der Waals surface area (Å²) >= 11 is 6.11. The summed E-state index contributed by atoms with van der Waals surface area (Å²) in [4.78, 5) is 21.2. The molecule has 10 heteroatoms. The van der Waals surface area contributed by atoms with Crippen LogP contribution in [-0.4, -0.2) is 49.6 Å². The summed E-state index contributed by atoms with van der Waals surface area (Å²) in [6.07, 6.45) is -0.703. The first-order valence-electron chi connectivity index (χ1n) is 11.2. The third kappa shape index (κ3) is 4.89. The third-order valence-electron chi connectivity index (χ3n) is 6.62. The van der Waals surface area contributed by atoms with Gasteiger partial charge in [-0.2, -0.15) is 13.2 Å². The highest BCUT2D eigenvalue weighted by molar-refractivity contribution is 6.33. The number of aromatic nitrogens is 1. The fraction of sp³-hybridized carbons (Fsp3) is 0.500. The Morgan fingerprint density at radius 1 is 1.06 bits per heavy atom. The van der Waals surface area contributed by atoms with Crippen LogP contribution in [-0.2, 0) is 11.0 Å². The number of carbonyl (C=O) groups is 1. The lowest BCUT2D eigenvalue weighted by Crippen LogP contribution is -2.42. The maximum absolute atomic E-state index is 13.4. The van der Waals surface area contributed by atoms with E-state index in [1.54, 1.807) is 14.2 Å². The van der Waals surface area contributed by atoms with E-state index in [2.05, 4.69) is 4.98 Å². The summed E-state index contributed by atoms with van der Waals surface area (Å²) in [5.41, 5.74) is 0.142. The van der Waals surface area contributed by atoms with Crippen LogP contribution in [0.3, 0.4) is 0 Å².